The van der Waals surface area contributed by atoms with Gasteiger partial charge in [0.2, 0.25) is 6.71 Å². The summed E-state index contributed by atoms with van der Waals surface area (Å²) in [5.41, 5.74) is 18.4. The highest BCUT2D eigenvalue weighted by Crippen LogP contribution is 2.45. The molecule has 3 heteroatoms. The molecule has 2 aromatic heterocycles. The number of nitrogens with zero attached hydrogens (tertiary/aromatic N) is 2. The molecule has 9 aromatic rings. The molecule has 3 heterocycles. The molecule has 54 heavy (non-hydrogen) atoms. The molecule has 0 bridgehead atoms. The molecule has 1 aliphatic rings. The van der Waals surface area contributed by atoms with Crippen LogP contribution in [0.5, 0.6) is 0 Å². The van der Waals surface area contributed by atoms with Crippen molar-refractivity contribution in [2.24, 2.45) is 0 Å². The number of hydrogen-bond acceptors (Lipinski definition) is 1. The Labute approximate surface area is 319 Å². The summed E-state index contributed by atoms with van der Waals surface area (Å²) in [7, 11) is 0. The number of aromatic nitrogens is 1. The van der Waals surface area contributed by atoms with E-state index in [0.717, 1.165) is 0 Å². The van der Waals surface area contributed by atoms with E-state index >= 15 is 0 Å². The predicted octanol–water partition coefficient (Wildman–Crippen LogP) is 11.8. The van der Waals surface area contributed by atoms with E-state index in [0.29, 0.717) is 0 Å². The fraction of sp³-hybridized carbons (Fsp3) is 0.216. The maximum Gasteiger partial charge on any atom is 0.247 e. The van der Waals surface area contributed by atoms with Gasteiger partial charge in [0.1, 0.15) is 0 Å². The third-order valence-corrected chi connectivity index (χ3v) is 12.3. The van der Waals surface area contributed by atoms with Crippen molar-refractivity contribution in [2.45, 2.75) is 73.1 Å². The SMILES string of the molecule is Cc1cc(C)c(B2c3cc4ccccc4cc3N(c3cc(C(C)(C)C)cc(C(C)(C)C)c3)c3cc4c(cc32)c2cccc3c5ccccc5n4c32)c(C)c1. The molecule has 0 amide bonds. The molecule has 0 atom stereocenters. The van der Waals surface area contributed by atoms with Gasteiger partial charge in [-0.3, -0.25) is 0 Å². The van der Waals surface area contributed by atoms with Crippen LogP contribution in [-0.2, 0) is 10.8 Å². The van der Waals surface area contributed by atoms with Crippen LogP contribution in [0.1, 0.15) is 69.4 Å². The van der Waals surface area contributed by atoms with E-state index in [1.165, 1.54) is 110 Å². The highest BCUT2D eigenvalue weighted by molar-refractivity contribution is 6.98. The number of para-hydroxylation sites is 2. The van der Waals surface area contributed by atoms with E-state index in [9.17, 15) is 0 Å². The molecular formula is C51H47BN2. The number of fused-ring (bicyclic) bond motifs is 9. The summed E-state index contributed by atoms with van der Waals surface area (Å²) in [5.74, 6) is 0. The van der Waals surface area contributed by atoms with Gasteiger partial charge >= 0.3 is 0 Å². The summed E-state index contributed by atoms with van der Waals surface area (Å²) in [6, 6.07) is 46.9. The van der Waals surface area contributed by atoms with Crippen molar-refractivity contribution in [3.8, 4) is 0 Å². The Bertz CT molecular complexity index is 2950. The van der Waals surface area contributed by atoms with E-state index in [-0.39, 0.29) is 17.5 Å². The Balaban J connectivity index is 1.40. The van der Waals surface area contributed by atoms with Crippen LogP contribution in [0, 0.1) is 20.8 Å². The molecule has 0 radical (unpaired) electrons. The van der Waals surface area contributed by atoms with Gasteiger partial charge < -0.3 is 9.30 Å². The van der Waals surface area contributed by atoms with Crippen molar-refractivity contribution in [3.63, 3.8) is 0 Å². The van der Waals surface area contributed by atoms with E-state index in [1.807, 2.05) is 0 Å². The molecule has 0 spiro atoms. The van der Waals surface area contributed by atoms with Gasteiger partial charge in [-0.25, -0.2) is 0 Å². The summed E-state index contributed by atoms with van der Waals surface area (Å²) >= 11 is 0. The maximum atomic E-state index is 2.61. The Morgan fingerprint density at radius 2 is 1.04 bits per heavy atom. The van der Waals surface area contributed by atoms with Gasteiger partial charge in [-0.05, 0) is 94.8 Å². The van der Waals surface area contributed by atoms with Crippen LogP contribution in [0.25, 0.3) is 48.9 Å². The van der Waals surface area contributed by atoms with E-state index < -0.39 is 0 Å². The zero-order valence-electron chi connectivity index (χ0n) is 33.0. The lowest BCUT2D eigenvalue weighted by Crippen LogP contribution is -2.58. The zero-order valence-corrected chi connectivity index (χ0v) is 33.0. The third kappa shape index (κ3) is 4.73. The molecule has 264 valence electrons. The Morgan fingerprint density at radius 1 is 0.481 bits per heavy atom. The first-order valence-corrected chi connectivity index (χ1v) is 19.6. The van der Waals surface area contributed by atoms with Crippen LogP contribution < -0.4 is 21.3 Å². The van der Waals surface area contributed by atoms with E-state index in [2.05, 4.69) is 193 Å². The van der Waals surface area contributed by atoms with Gasteiger partial charge in [-0.1, -0.05) is 155 Å². The second kappa shape index (κ2) is 11.2. The number of benzene rings is 7. The summed E-state index contributed by atoms with van der Waals surface area (Å²) < 4.78 is 2.53. The standard InChI is InChI=1S/C51H47BN2/c1-30-21-31(2)48(32(3)22-30)52-42-23-33-15-10-11-16-34(33)24-46(42)53(37-26-35(50(4,5)6)25-36(27-37)51(7,8)9)47-29-45-41(28-43(47)52)40-19-14-18-39-38-17-12-13-20-44(38)54(45)49(39)40/h10-29H,1-9H3. The molecule has 10 rings (SSSR count). The smallest absolute Gasteiger partial charge is 0.247 e. The average molecular weight is 699 g/mol. The van der Waals surface area contributed by atoms with Crippen molar-refractivity contribution < 1.29 is 0 Å². The number of aryl methyl sites for hydroxylation is 3. The first kappa shape index (κ1) is 33.1. The highest BCUT2D eigenvalue weighted by atomic mass is 15.2. The van der Waals surface area contributed by atoms with E-state index in [1.54, 1.807) is 0 Å². The summed E-state index contributed by atoms with van der Waals surface area (Å²) in [4.78, 5) is 2.61. The van der Waals surface area contributed by atoms with Gasteiger partial charge in [0.15, 0.2) is 0 Å². The molecule has 2 nitrogen and oxygen atoms in total. The third-order valence-electron chi connectivity index (χ3n) is 12.3. The monoisotopic (exact) mass is 698 g/mol. The molecule has 0 N–H and O–H groups in total. The summed E-state index contributed by atoms with van der Waals surface area (Å²) in [6.45, 7) is 21.0. The second-order valence-corrected chi connectivity index (χ2v) is 18.1. The normalized spacial score (nSPS) is 13.6. The first-order valence-electron chi connectivity index (χ1n) is 19.6. The molecular weight excluding hydrogens is 651 g/mol. The molecule has 7 aromatic carbocycles. The van der Waals surface area contributed by atoms with Gasteiger partial charge in [-0.2, -0.15) is 0 Å². The number of hydrogen-bond donors (Lipinski definition) is 0. The first-order chi connectivity index (χ1) is 25.8. The fourth-order valence-electron chi connectivity index (χ4n) is 9.72. The maximum absolute atomic E-state index is 2.61. The van der Waals surface area contributed by atoms with Crippen LogP contribution in [0.15, 0.2) is 121 Å². The van der Waals surface area contributed by atoms with Crippen LogP contribution in [0.3, 0.4) is 0 Å². The quantitative estimate of drug-likeness (QED) is 0.163. The molecule has 0 aliphatic carbocycles. The number of rotatable bonds is 2. The molecule has 0 unspecified atom stereocenters. The molecule has 0 saturated carbocycles. The van der Waals surface area contributed by atoms with Gasteiger partial charge in [0.25, 0.3) is 0 Å². The second-order valence-electron chi connectivity index (χ2n) is 18.1. The van der Waals surface area contributed by atoms with Crippen molar-refractivity contribution in [2.75, 3.05) is 4.90 Å². The van der Waals surface area contributed by atoms with Crippen LogP contribution in [0.2, 0.25) is 0 Å². The zero-order chi connectivity index (χ0) is 37.4. The van der Waals surface area contributed by atoms with Crippen LogP contribution in [-0.4, -0.2) is 11.1 Å². The fourth-order valence-corrected chi connectivity index (χ4v) is 9.72. The largest absolute Gasteiger partial charge is 0.311 e. The predicted molar refractivity (Wildman–Crippen MR) is 236 cm³/mol. The van der Waals surface area contributed by atoms with Crippen molar-refractivity contribution >= 4 is 89.0 Å². The van der Waals surface area contributed by atoms with Crippen molar-refractivity contribution in [1.82, 2.24) is 4.40 Å². The lowest BCUT2D eigenvalue weighted by atomic mass is 9.33. The Morgan fingerprint density at radius 3 is 1.70 bits per heavy atom. The van der Waals surface area contributed by atoms with Crippen molar-refractivity contribution in [3.05, 3.63) is 149 Å². The lowest BCUT2D eigenvalue weighted by Gasteiger charge is -2.39. The van der Waals surface area contributed by atoms with Gasteiger partial charge in [0, 0.05) is 38.6 Å². The number of anilines is 3. The Hall–Kier alpha value is -5.54. The van der Waals surface area contributed by atoms with Gasteiger partial charge in [-0.15, -0.1) is 0 Å². The topological polar surface area (TPSA) is 7.65 Å². The van der Waals surface area contributed by atoms with Crippen molar-refractivity contribution in [1.29, 1.82) is 0 Å². The Kier molecular flexibility index (Phi) is 6.89. The van der Waals surface area contributed by atoms with Gasteiger partial charge in [0.05, 0.1) is 16.6 Å². The molecule has 1 aliphatic heterocycles. The van der Waals surface area contributed by atoms with Crippen LogP contribution >= 0.6 is 0 Å². The summed E-state index contributed by atoms with van der Waals surface area (Å²) in [6.07, 6.45) is 0. The van der Waals surface area contributed by atoms with Crippen LogP contribution in [0.4, 0.5) is 17.1 Å². The summed E-state index contributed by atoms with van der Waals surface area (Å²) in [5, 5.41) is 7.80. The minimum absolute atomic E-state index is 0.0191. The lowest BCUT2D eigenvalue weighted by molar-refractivity contribution is 0.569. The molecule has 0 fully saturated rings. The highest BCUT2D eigenvalue weighted by Gasteiger charge is 2.39. The van der Waals surface area contributed by atoms with E-state index in [4.69, 9.17) is 0 Å². The molecule has 0 saturated heterocycles. The minimum Gasteiger partial charge on any atom is -0.311 e. The minimum atomic E-state index is -0.0191. The average Bonchev–Trinajstić information content (AvgIpc) is 3.64.